The van der Waals surface area contributed by atoms with Crippen molar-refractivity contribution in [2.24, 2.45) is 0 Å². The molecule has 2 aromatic rings. The Balaban J connectivity index is 1.62. The second-order valence-corrected chi connectivity index (χ2v) is 8.58. The van der Waals surface area contributed by atoms with Gasteiger partial charge in [-0.25, -0.2) is 0 Å². The summed E-state index contributed by atoms with van der Waals surface area (Å²) in [6.07, 6.45) is 7.69. The average Bonchev–Trinajstić information content (AvgIpc) is 3.44. The molecule has 0 amide bonds. The number of hydrogen-bond donors (Lipinski definition) is 1. The molecule has 156 valence electrons. The number of thiocarbonyl (C=S) groups is 1. The first-order valence-electron chi connectivity index (χ1n) is 10.5. The largest absolute Gasteiger partial charge is 0.376 e. The second kappa shape index (κ2) is 9.24. The third-order valence-electron chi connectivity index (χ3n) is 5.79. The van der Waals surface area contributed by atoms with E-state index in [1.165, 1.54) is 5.69 Å². The van der Waals surface area contributed by atoms with E-state index in [9.17, 15) is 0 Å². The van der Waals surface area contributed by atoms with Crippen LogP contribution >= 0.6 is 12.2 Å². The van der Waals surface area contributed by atoms with Crippen LogP contribution in [0.15, 0.2) is 42.7 Å². The predicted octanol–water partition coefficient (Wildman–Crippen LogP) is 2.99. The summed E-state index contributed by atoms with van der Waals surface area (Å²) >= 11 is 5.77. The van der Waals surface area contributed by atoms with Crippen LogP contribution in [0, 0.1) is 0 Å². The van der Waals surface area contributed by atoms with Crippen molar-refractivity contribution in [3.63, 3.8) is 0 Å². The fraction of sp³-hybridized carbons (Fsp3) is 0.545. The van der Waals surface area contributed by atoms with E-state index in [1.54, 1.807) is 0 Å². The van der Waals surface area contributed by atoms with Gasteiger partial charge in [-0.05, 0) is 76.4 Å². The zero-order valence-corrected chi connectivity index (χ0v) is 18.1. The molecular weight excluding hydrogens is 382 g/mol. The van der Waals surface area contributed by atoms with Crippen LogP contribution < -0.4 is 5.32 Å². The van der Waals surface area contributed by atoms with Crippen LogP contribution in [0.2, 0.25) is 0 Å². The lowest BCUT2D eigenvalue weighted by atomic mass is 10.0. The van der Waals surface area contributed by atoms with E-state index in [2.05, 4.69) is 63.2 Å². The normalized spacial score (nSPS) is 24.4. The number of ether oxygens (including phenoxy) is 1. The van der Waals surface area contributed by atoms with Gasteiger partial charge in [0.05, 0.1) is 23.9 Å². The fourth-order valence-electron chi connectivity index (χ4n) is 4.39. The molecule has 7 heteroatoms. The molecule has 1 N–H and O–H groups in total. The minimum Gasteiger partial charge on any atom is -0.376 e. The van der Waals surface area contributed by atoms with Gasteiger partial charge in [-0.15, -0.1) is 0 Å². The van der Waals surface area contributed by atoms with Gasteiger partial charge in [-0.2, -0.15) is 0 Å². The maximum absolute atomic E-state index is 5.90. The maximum Gasteiger partial charge on any atom is 0.170 e. The molecule has 2 aliphatic rings. The van der Waals surface area contributed by atoms with Gasteiger partial charge in [0.25, 0.3) is 0 Å². The van der Waals surface area contributed by atoms with Crippen molar-refractivity contribution < 1.29 is 4.74 Å². The standard InChI is InChI=1S/C22H31N5OS/c1-25(2)12-7-14-27-21(20(24-22(27)29)18-9-3-4-11-23-18)19-10-5-13-26(19)16-17-8-6-15-28-17/h3-5,9-11,13,17,20-21H,6-8,12,14-16H2,1-2H3,(H,24,29)/t17-,20-,21+/m1/s1. The summed E-state index contributed by atoms with van der Waals surface area (Å²) in [7, 11) is 4.23. The van der Waals surface area contributed by atoms with E-state index in [0.29, 0.717) is 6.10 Å². The molecule has 0 saturated carbocycles. The minimum atomic E-state index is 0.0428. The van der Waals surface area contributed by atoms with Gasteiger partial charge in [-0.1, -0.05) is 6.07 Å². The zero-order valence-electron chi connectivity index (χ0n) is 17.3. The Kier molecular flexibility index (Phi) is 6.47. The zero-order chi connectivity index (χ0) is 20.2. The lowest BCUT2D eigenvalue weighted by Gasteiger charge is -2.29. The monoisotopic (exact) mass is 413 g/mol. The van der Waals surface area contributed by atoms with Crippen LogP contribution in [0.4, 0.5) is 0 Å². The highest BCUT2D eigenvalue weighted by atomic mass is 32.1. The van der Waals surface area contributed by atoms with Crippen molar-refractivity contribution in [2.75, 3.05) is 33.8 Å². The molecule has 0 spiro atoms. The maximum atomic E-state index is 5.90. The van der Waals surface area contributed by atoms with E-state index < -0.39 is 0 Å². The summed E-state index contributed by atoms with van der Waals surface area (Å²) in [6, 6.07) is 10.6. The Bertz CT molecular complexity index is 803. The average molecular weight is 414 g/mol. The predicted molar refractivity (Wildman–Crippen MR) is 119 cm³/mol. The third kappa shape index (κ3) is 4.63. The summed E-state index contributed by atoms with van der Waals surface area (Å²) < 4.78 is 8.25. The number of rotatable bonds is 8. The number of nitrogens with one attached hydrogen (secondary N) is 1. The first kappa shape index (κ1) is 20.3. The van der Waals surface area contributed by atoms with Crippen LogP contribution in [0.25, 0.3) is 0 Å². The molecule has 2 fully saturated rings. The molecule has 29 heavy (non-hydrogen) atoms. The molecule has 2 aromatic heterocycles. The lowest BCUT2D eigenvalue weighted by Crippen LogP contribution is -2.33. The molecule has 4 heterocycles. The highest BCUT2D eigenvalue weighted by Gasteiger charge is 2.41. The number of aromatic nitrogens is 2. The molecule has 0 aliphatic carbocycles. The molecule has 0 aromatic carbocycles. The van der Waals surface area contributed by atoms with Gasteiger partial charge in [0.2, 0.25) is 0 Å². The second-order valence-electron chi connectivity index (χ2n) is 8.20. The highest BCUT2D eigenvalue weighted by Crippen LogP contribution is 2.39. The Labute approximate surface area is 178 Å². The van der Waals surface area contributed by atoms with Crippen molar-refractivity contribution in [3.05, 3.63) is 54.1 Å². The minimum absolute atomic E-state index is 0.0428. The fourth-order valence-corrected chi connectivity index (χ4v) is 4.73. The number of pyridine rings is 1. The Morgan fingerprint density at radius 2 is 2.17 bits per heavy atom. The van der Waals surface area contributed by atoms with Gasteiger partial charge in [-0.3, -0.25) is 4.98 Å². The van der Waals surface area contributed by atoms with Gasteiger partial charge < -0.3 is 24.4 Å². The smallest absolute Gasteiger partial charge is 0.170 e. The van der Waals surface area contributed by atoms with Gasteiger partial charge >= 0.3 is 0 Å². The Morgan fingerprint density at radius 1 is 1.28 bits per heavy atom. The summed E-state index contributed by atoms with van der Waals surface area (Å²) in [4.78, 5) is 9.21. The van der Waals surface area contributed by atoms with E-state index in [0.717, 1.165) is 56.3 Å². The molecule has 0 radical (unpaired) electrons. The van der Waals surface area contributed by atoms with Crippen molar-refractivity contribution in [1.82, 2.24) is 24.7 Å². The van der Waals surface area contributed by atoms with E-state index in [4.69, 9.17) is 17.0 Å². The topological polar surface area (TPSA) is 45.6 Å². The molecule has 6 nitrogen and oxygen atoms in total. The van der Waals surface area contributed by atoms with Gasteiger partial charge in [0.1, 0.15) is 0 Å². The summed E-state index contributed by atoms with van der Waals surface area (Å²) in [5.74, 6) is 0. The van der Waals surface area contributed by atoms with Crippen LogP contribution in [0.5, 0.6) is 0 Å². The molecular formula is C22H31N5OS. The third-order valence-corrected chi connectivity index (χ3v) is 6.15. The van der Waals surface area contributed by atoms with Gasteiger partial charge in [0.15, 0.2) is 5.11 Å². The highest BCUT2D eigenvalue weighted by molar-refractivity contribution is 7.80. The summed E-state index contributed by atoms with van der Waals surface area (Å²) in [6.45, 7) is 3.73. The Hall–Kier alpha value is -1.96. The number of hydrogen-bond acceptors (Lipinski definition) is 4. The van der Waals surface area contributed by atoms with E-state index >= 15 is 0 Å². The molecule has 0 bridgehead atoms. The van der Waals surface area contributed by atoms with Crippen molar-refractivity contribution >= 4 is 17.3 Å². The molecule has 2 aliphatic heterocycles. The molecule has 4 rings (SSSR count). The quantitative estimate of drug-likeness (QED) is 0.672. The van der Waals surface area contributed by atoms with Crippen LogP contribution in [-0.2, 0) is 11.3 Å². The van der Waals surface area contributed by atoms with E-state index in [-0.39, 0.29) is 12.1 Å². The first-order chi connectivity index (χ1) is 14.1. The summed E-state index contributed by atoms with van der Waals surface area (Å²) in [5, 5.41) is 4.37. The van der Waals surface area contributed by atoms with Crippen molar-refractivity contribution in [2.45, 2.75) is 44.0 Å². The van der Waals surface area contributed by atoms with Crippen molar-refractivity contribution in [3.8, 4) is 0 Å². The van der Waals surface area contributed by atoms with Crippen LogP contribution in [-0.4, -0.2) is 64.4 Å². The molecule has 0 unspecified atom stereocenters. The van der Waals surface area contributed by atoms with Crippen LogP contribution in [0.1, 0.15) is 42.7 Å². The van der Waals surface area contributed by atoms with E-state index in [1.807, 2.05) is 18.3 Å². The van der Waals surface area contributed by atoms with Crippen LogP contribution in [0.3, 0.4) is 0 Å². The Morgan fingerprint density at radius 3 is 2.90 bits per heavy atom. The summed E-state index contributed by atoms with van der Waals surface area (Å²) in [5.41, 5.74) is 2.30. The molecule has 2 saturated heterocycles. The first-order valence-corrected chi connectivity index (χ1v) is 10.9. The SMILES string of the molecule is CN(C)CCCN1C(=S)N[C@H](c2ccccn2)[C@@H]1c1cccn1C[C@H]1CCCO1. The van der Waals surface area contributed by atoms with Crippen molar-refractivity contribution in [1.29, 1.82) is 0 Å². The van der Waals surface area contributed by atoms with Gasteiger partial charge in [0, 0.05) is 37.8 Å². The molecule has 3 atom stereocenters. The lowest BCUT2D eigenvalue weighted by molar-refractivity contribution is 0.0953. The number of nitrogens with zero attached hydrogens (tertiary/aromatic N) is 4.